The second-order valence-corrected chi connectivity index (χ2v) is 7.75. The van der Waals surface area contributed by atoms with E-state index in [0.717, 1.165) is 25.7 Å². The van der Waals surface area contributed by atoms with Crippen LogP contribution in [0.5, 0.6) is 0 Å². The van der Waals surface area contributed by atoms with Gasteiger partial charge in [0.05, 0.1) is 11.4 Å². The van der Waals surface area contributed by atoms with E-state index in [4.69, 9.17) is 0 Å². The van der Waals surface area contributed by atoms with Gasteiger partial charge in [0, 0.05) is 36.4 Å². The number of aryl methyl sites for hydroxylation is 1. The summed E-state index contributed by atoms with van der Waals surface area (Å²) in [5, 5.41) is 8.97. The molecule has 6 nitrogen and oxygen atoms in total. The number of alkyl halides is 3. The molecule has 0 radical (unpaired) electrons. The summed E-state index contributed by atoms with van der Waals surface area (Å²) in [4.78, 5) is 16.1. The number of thiophene rings is 1. The van der Waals surface area contributed by atoms with Crippen molar-refractivity contribution in [2.45, 2.75) is 19.3 Å². The first-order chi connectivity index (χ1) is 13.3. The first kappa shape index (κ1) is 17.2. The summed E-state index contributed by atoms with van der Waals surface area (Å²) in [6.45, 7) is 0.218. The zero-order valence-corrected chi connectivity index (χ0v) is 15.5. The smallest absolute Gasteiger partial charge is 0.335 e. The molecule has 1 aliphatic rings. The Hall–Kier alpha value is -2.88. The van der Waals surface area contributed by atoms with Crippen molar-refractivity contribution in [3.8, 4) is 0 Å². The predicted octanol–water partition coefficient (Wildman–Crippen LogP) is 3.66. The third kappa shape index (κ3) is 2.44. The van der Waals surface area contributed by atoms with Gasteiger partial charge in [-0.25, -0.2) is 0 Å². The lowest BCUT2D eigenvalue weighted by atomic mass is 10.2. The zero-order chi connectivity index (χ0) is 19.6. The average Bonchev–Trinajstić information content (AvgIpc) is 3.35. The number of aromatic nitrogens is 4. The van der Waals surface area contributed by atoms with Gasteiger partial charge < -0.3 is 14.0 Å². The fourth-order valence-electron chi connectivity index (χ4n) is 3.73. The molecule has 28 heavy (non-hydrogen) atoms. The molecule has 0 saturated heterocycles. The summed E-state index contributed by atoms with van der Waals surface area (Å²) in [7, 11) is 1.96. The van der Waals surface area contributed by atoms with Gasteiger partial charge in [-0.2, -0.15) is 13.2 Å². The molecule has 0 fully saturated rings. The van der Waals surface area contributed by atoms with Gasteiger partial charge in [0.25, 0.3) is 5.91 Å². The lowest BCUT2D eigenvalue weighted by molar-refractivity contribution is -0.147. The normalized spacial score (nSPS) is 14.8. The number of carbonyl (C=O) groups excluding carboxylic acids is 1. The first-order valence-electron chi connectivity index (χ1n) is 8.60. The van der Waals surface area contributed by atoms with Crippen LogP contribution in [0.4, 0.5) is 13.2 Å². The highest BCUT2D eigenvalue weighted by Crippen LogP contribution is 2.35. The Morgan fingerprint density at radius 3 is 2.71 bits per heavy atom. The number of benzene rings is 1. The van der Waals surface area contributed by atoms with E-state index in [1.165, 1.54) is 16.2 Å². The summed E-state index contributed by atoms with van der Waals surface area (Å²) in [6.07, 6.45) is -4.55. The fourth-order valence-corrected chi connectivity index (χ4v) is 4.84. The highest BCUT2D eigenvalue weighted by Gasteiger charge is 2.40. The summed E-state index contributed by atoms with van der Waals surface area (Å²) >= 11 is 1.39. The second kappa shape index (κ2) is 5.81. The van der Waals surface area contributed by atoms with Crippen LogP contribution < -0.4 is 0 Å². The lowest BCUT2D eigenvalue weighted by Crippen LogP contribution is -2.39. The molecule has 0 unspecified atom stereocenters. The Balaban J connectivity index is 1.47. The van der Waals surface area contributed by atoms with Crippen molar-refractivity contribution in [3.05, 3.63) is 46.9 Å². The molecule has 0 saturated carbocycles. The Labute approximate surface area is 160 Å². The minimum absolute atomic E-state index is 0.0108. The Bertz CT molecular complexity index is 1240. The van der Waals surface area contributed by atoms with Gasteiger partial charge in [0.15, 0.2) is 5.82 Å². The Morgan fingerprint density at radius 1 is 1.14 bits per heavy atom. The number of para-hydroxylation sites is 1. The van der Waals surface area contributed by atoms with Crippen LogP contribution in [0.1, 0.15) is 21.3 Å². The number of amides is 1. The quantitative estimate of drug-likeness (QED) is 0.486. The van der Waals surface area contributed by atoms with Crippen LogP contribution in [-0.4, -0.2) is 36.7 Å². The van der Waals surface area contributed by atoms with Crippen molar-refractivity contribution in [2.75, 3.05) is 6.54 Å². The highest BCUT2D eigenvalue weighted by atomic mass is 32.1. The van der Waals surface area contributed by atoms with Gasteiger partial charge in [-0.05, 0) is 12.1 Å². The van der Waals surface area contributed by atoms with Crippen molar-refractivity contribution < 1.29 is 18.0 Å². The van der Waals surface area contributed by atoms with E-state index in [-0.39, 0.29) is 31.4 Å². The lowest BCUT2D eigenvalue weighted by Gasteiger charge is -2.27. The van der Waals surface area contributed by atoms with Gasteiger partial charge in [-0.3, -0.25) is 4.79 Å². The van der Waals surface area contributed by atoms with Gasteiger partial charge >= 0.3 is 6.18 Å². The van der Waals surface area contributed by atoms with Crippen LogP contribution in [0.2, 0.25) is 0 Å². The summed E-state index contributed by atoms with van der Waals surface area (Å²) < 4.78 is 42.0. The molecule has 3 aromatic heterocycles. The molecule has 1 aliphatic heterocycles. The summed E-state index contributed by atoms with van der Waals surface area (Å²) in [5.74, 6) is -1.06. The number of nitrogens with zero attached hydrogens (tertiary/aromatic N) is 5. The topological polar surface area (TPSA) is 56.0 Å². The van der Waals surface area contributed by atoms with Crippen molar-refractivity contribution in [3.63, 3.8) is 0 Å². The van der Waals surface area contributed by atoms with Crippen LogP contribution in [0, 0.1) is 0 Å². The molecule has 0 bridgehead atoms. The van der Waals surface area contributed by atoms with Crippen LogP contribution in [0.15, 0.2) is 30.3 Å². The minimum atomic E-state index is -4.55. The number of fused-ring (bicyclic) bond motifs is 4. The third-order valence-corrected chi connectivity index (χ3v) is 6.28. The molecule has 1 amide bonds. The van der Waals surface area contributed by atoms with E-state index in [2.05, 4.69) is 14.8 Å². The number of hydrogen-bond acceptors (Lipinski definition) is 4. The van der Waals surface area contributed by atoms with Crippen molar-refractivity contribution in [2.24, 2.45) is 7.05 Å². The van der Waals surface area contributed by atoms with E-state index in [9.17, 15) is 18.0 Å². The largest absolute Gasteiger partial charge is 0.451 e. The number of carbonyl (C=O) groups is 1. The van der Waals surface area contributed by atoms with Crippen molar-refractivity contribution >= 4 is 38.4 Å². The number of rotatable bonds is 1. The van der Waals surface area contributed by atoms with Crippen LogP contribution >= 0.6 is 11.3 Å². The molecular formula is C18H14F3N5OS. The number of halogens is 3. The van der Waals surface area contributed by atoms with Crippen LogP contribution in [0.3, 0.4) is 0 Å². The molecule has 144 valence electrons. The Morgan fingerprint density at radius 2 is 1.93 bits per heavy atom. The first-order valence-corrected chi connectivity index (χ1v) is 9.42. The van der Waals surface area contributed by atoms with E-state index < -0.39 is 12.0 Å². The SMILES string of the molecule is Cn1c2ccccc2c2cc(C(=O)N3CCn4c(nnc4C(F)(F)F)C3)sc21. The monoisotopic (exact) mass is 405 g/mol. The van der Waals surface area contributed by atoms with Gasteiger partial charge in [-0.15, -0.1) is 21.5 Å². The second-order valence-electron chi connectivity index (χ2n) is 6.72. The van der Waals surface area contributed by atoms with Crippen LogP contribution in [-0.2, 0) is 26.3 Å². The van der Waals surface area contributed by atoms with E-state index >= 15 is 0 Å². The summed E-state index contributed by atoms with van der Waals surface area (Å²) in [6, 6.07) is 9.83. The number of hydrogen-bond donors (Lipinski definition) is 0. The van der Waals surface area contributed by atoms with Gasteiger partial charge in [0.1, 0.15) is 4.83 Å². The molecular weight excluding hydrogens is 391 g/mol. The average molecular weight is 405 g/mol. The maximum absolute atomic E-state index is 13.0. The molecule has 5 rings (SSSR count). The molecule has 0 aliphatic carbocycles. The van der Waals surface area contributed by atoms with Gasteiger partial charge in [-0.1, -0.05) is 18.2 Å². The molecule has 4 heterocycles. The predicted molar refractivity (Wildman–Crippen MR) is 98.1 cm³/mol. The van der Waals surface area contributed by atoms with E-state index in [1.54, 1.807) is 0 Å². The minimum Gasteiger partial charge on any atom is -0.335 e. The Kier molecular flexibility index (Phi) is 3.57. The molecule has 0 spiro atoms. The molecule has 4 aromatic rings. The van der Waals surface area contributed by atoms with Crippen molar-refractivity contribution in [1.82, 2.24) is 24.2 Å². The van der Waals surface area contributed by atoms with Crippen LogP contribution in [0.25, 0.3) is 21.1 Å². The third-order valence-electron chi connectivity index (χ3n) is 5.08. The zero-order valence-electron chi connectivity index (χ0n) is 14.7. The summed E-state index contributed by atoms with van der Waals surface area (Å²) in [5.41, 5.74) is 1.09. The maximum Gasteiger partial charge on any atom is 0.451 e. The maximum atomic E-state index is 13.0. The molecule has 10 heteroatoms. The molecule has 1 aromatic carbocycles. The molecule has 0 N–H and O–H groups in total. The highest BCUT2D eigenvalue weighted by molar-refractivity contribution is 7.20. The van der Waals surface area contributed by atoms with E-state index in [0.29, 0.717) is 4.88 Å². The van der Waals surface area contributed by atoms with Gasteiger partial charge in [0.2, 0.25) is 5.82 Å². The standard InChI is InChI=1S/C18H14F3N5OS/c1-24-12-5-3-2-4-10(12)11-8-13(28-16(11)24)15(27)25-6-7-26-14(9-25)22-23-17(26)18(19,20)21/h2-5,8H,6-7,9H2,1H3. The van der Waals surface area contributed by atoms with Crippen molar-refractivity contribution in [1.29, 1.82) is 0 Å². The molecule has 0 atom stereocenters. The fraction of sp³-hybridized carbons (Fsp3) is 0.278. The van der Waals surface area contributed by atoms with E-state index in [1.807, 2.05) is 37.4 Å².